The molecule has 114 valence electrons. The average Bonchev–Trinajstić information content (AvgIpc) is 2.53. The zero-order chi connectivity index (χ0) is 15.1. The Hall–Kier alpha value is -2.04. The monoisotopic (exact) mass is 291 g/mol. The summed E-state index contributed by atoms with van der Waals surface area (Å²) in [5.41, 5.74) is 0. The minimum absolute atomic E-state index is 0.120. The molecule has 1 N–H and O–H groups in total. The van der Waals surface area contributed by atoms with E-state index in [0.29, 0.717) is 12.3 Å². The number of amides is 1. The van der Waals surface area contributed by atoms with Crippen LogP contribution in [0.1, 0.15) is 25.7 Å². The fourth-order valence-electron chi connectivity index (χ4n) is 2.76. The second kappa shape index (κ2) is 7.67. The molecule has 1 amide bonds. The second-order valence-electron chi connectivity index (χ2n) is 5.26. The zero-order valence-electron chi connectivity index (χ0n) is 12.2. The first-order valence-electron chi connectivity index (χ1n) is 7.29. The average molecular weight is 291 g/mol. The molecule has 0 aliphatic heterocycles. The van der Waals surface area contributed by atoms with Crippen LogP contribution >= 0.6 is 0 Å². The van der Waals surface area contributed by atoms with Gasteiger partial charge in [0.05, 0.1) is 13.0 Å². The van der Waals surface area contributed by atoms with Crippen molar-refractivity contribution in [3.8, 4) is 5.75 Å². The Morgan fingerprint density at radius 3 is 2.62 bits per heavy atom. The van der Waals surface area contributed by atoms with Gasteiger partial charge in [-0.15, -0.1) is 0 Å². The number of esters is 1. The van der Waals surface area contributed by atoms with Crippen molar-refractivity contribution in [2.45, 2.75) is 25.7 Å². The summed E-state index contributed by atoms with van der Waals surface area (Å²) >= 11 is 0. The molecule has 1 aromatic carbocycles. The van der Waals surface area contributed by atoms with Gasteiger partial charge in [0.15, 0.2) is 0 Å². The van der Waals surface area contributed by atoms with E-state index in [1.807, 2.05) is 6.07 Å². The van der Waals surface area contributed by atoms with Crippen molar-refractivity contribution in [2.24, 2.45) is 11.8 Å². The molecule has 1 fully saturated rings. The number of methoxy groups -OCH3 is 1. The van der Waals surface area contributed by atoms with Crippen LogP contribution in [0.3, 0.4) is 0 Å². The summed E-state index contributed by atoms with van der Waals surface area (Å²) in [6.07, 6.45) is 3.37. The van der Waals surface area contributed by atoms with Crippen molar-refractivity contribution in [3.63, 3.8) is 0 Å². The number of hydrogen-bond acceptors (Lipinski definition) is 4. The van der Waals surface area contributed by atoms with Gasteiger partial charge in [-0.2, -0.15) is 0 Å². The van der Waals surface area contributed by atoms with Crippen LogP contribution in [0.5, 0.6) is 5.75 Å². The Bertz CT molecular complexity index is 474. The fourth-order valence-corrected chi connectivity index (χ4v) is 2.76. The summed E-state index contributed by atoms with van der Waals surface area (Å²) in [7, 11) is 1.41. The summed E-state index contributed by atoms with van der Waals surface area (Å²) in [5.74, 6) is 0.316. The molecule has 1 aliphatic carbocycles. The predicted octanol–water partition coefficient (Wildman–Crippen LogP) is 2.75. The summed E-state index contributed by atoms with van der Waals surface area (Å²) in [4.78, 5) is 23.5. The van der Waals surface area contributed by atoms with E-state index in [-0.39, 0.29) is 17.8 Å². The van der Waals surface area contributed by atoms with E-state index < -0.39 is 6.09 Å². The lowest BCUT2D eigenvalue weighted by atomic mass is 9.79. The van der Waals surface area contributed by atoms with E-state index in [4.69, 9.17) is 9.47 Å². The maximum atomic E-state index is 11.8. The van der Waals surface area contributed by atoms with Gasteiger partial charge in [0.2, 0.25) is 0 Å². The summed E-state index contributed by atoms with van der Waals surface area (Å²) in [6.45, 7) is 0.436. The molecule has 5 nitrogen and oxygen atoms in total. The van der Waals surface area contributed by atoms with Gasteiger partial charge in [-0.25, -0.2) is 4.79 Å². The Morgan fingerprint density at radius 2 is 1.90 bits per heavy atom. The number of nitrogens with one attached hydrogen (secondary N) is 1. The molecule has 21 heavy (non-hydrogen) atoms. The Morgan fingerprint density at radius 1 is 1.19 bits per heavy atom. The molecule has 0 bridgehead atoms. The lowest BCUT2D eigenvalue weighted by Crippen LogP contribution is -2.38. The molecule has 1 saturated carbocycles. The smallest absolute Gasteiger partial charge is 0.412 e. The maximum Gasteiger partial charge on any atom is 0.412 e. The zero-order valence-corrected chi connectivity index (χ0v) is 12.2. The first-order valence-corrected chi connectivity index (χ1v) is 7.29. The van der Waals surface area contributed by atoms with Gasteiger partial charge < -0.3 is 14.8 Å². The SMILES string of the molecule is COC(=O)C1CCCCC1CNC(=O)Oc1ccccc1. The molecular weight excluding hydrogens is 270 g/mol. The highest BCUT2D eigenvalue weighted by atomic mass is 16.6. The number of hydrogen-bond donors (Lipinski definition) is 1. The molecule has 5 heteroatoms. The van der Waals surface area contributed by atoms with E-state index in [9.17, 15) is 9.59 Å². The van der Waals surface area contributed by atoms with Crippen LogP contribution in [0.2, 0.25) is 0 Å². The van der Waals surface area contributed by atoms with Crippen LogP contribution in [0.25, 0.3) is 0 Å². The molecule has 1 aromatic rings. The van der Waals surface area contributed by atoms with E-state index in [1.165, 1.54) is 7.11 Å². The lowest BCUT2D eigenvalue weighted by molar-refractivity contribution is -0.148. The molecule has 2 unspecified atom stereocenters. The van der Waals surface area contributed by atoms with E-state index in [1.54, 1.807) is 24.3 Å². The lowest BCUT2D eigenvalue weighted by Gasteiger charge is -2.29. The topological polar surface area (TPSA) is 64.6 Å². The molecule has 2 atom stereocenters. The summed E-state index contributed by atoms with van der Waals surface area (Å²) in [6, 6.07) is 8.90. The van der Waals surface area contributed by atoms with Crippen molar-refractivity contribution in [2.75, 3.05) is 13.7 Å². The van der Waals surface area contributed by atoms with Crippen molar-refractivity contribution in [1.82, 2.24) is 5.32 Å². The quantitative estimate of drug-likeness (QED) is 0.866. The number of carbonyl (C=O) groups excluding carboxylic acids is 2. The Labute approximate surface area is 124 Å². The van der Waals surface area contributed by atoms with Gasteiger partial charge in [0.25, 0.3) is 0 Å². The van der Waals surface area contributed by atoms with Gasteiger partial charge in [-0.05, 0) is 30.9 Å². The minimum atomic E-state index is -0.490. The second-order valence-corrected chi connectivity index (χ2v) is 5.26. The number of para-hydroxylation sites is 1. The first-order chi connectivity index (χ1) is 10.2. The first kappa shape index (κ1) is 15.4. The van der Waals surface area contributed by atoms with E-state index in [0.717, 1.165) is 25.7 Å². The number of benzene rings is 1. The van der Waals surface area contributed by atoms with Gasteiger partial charge in [0, 0.05) is 6.54 Å². The summed E-state index contributed by atoms with van der Waals surface area (Å²) in [5, 5.41) is 2.74. The van der Waals surface area contributed by atoms with Crippen LogP contribution in [0.15, 0.2) is 30.3 Å². The molecule has 1 aliphatic rings. The number of rotatable bonds is 4. The third kappa shape index (κ3) is 4.48. The largest absolute Gasteiger partial charge is 0.469 e. The van der Waals surface area contributed by atoms with Crippen LogP contribution in [0.4, 0.5) is 4.79 Å². The molecule has 0 spiro atoms. The Balaban J connectivity index is 1.83. The molecule has 2 rings (SSSR count). The molecular formula is C16H21NO4. The molecule has 0 saturated heterocycles. The molecule has 0 aromatic heterocycles. The van der Waals surface area contributed by atoms with Crippen molar-refractivity contribution in [3.05, 3.63) is 30.3 Å². The highest BCUT2D eigenvalue weighted by Gasteiger charge is 2.31. The van der Waals surface area contributed by atoms with Gasteiger partial charge >= 0.3 is 12.1 Å². The van der Waals surface area contributed by atoms with Crippen LogP contribution in [0, 0.1) is 11.8 Å². The van der Waals surface area contributed by atoms with Crippen molar-refractivity contribution in [1.29, 1.82) is 0 Å². The maximum absolute atomic E-state index is 11.8. The van der Waals surface area contributed by atoms with E-state index in [2.05, 4.69) is 5.32 Å². The van der Waals surface area contributed by atoms with E-state index >= 15 is 0 Å². The standard InChI is InChI=1S/C16H21NO4/c1-20-15(18)14-10-6-5-7-12(14)11-17-16(19)21-13-8-3-2-4-9-13/h2-4,8-9,12,14H,5-7,10-11H2,1H3,(H,17,19). The van der Waals surface area contributed by atoms with Gasteiger partial charge in [-0.1, -0.05) is 31.0 Å². The van der Waals surface area contributed by atoms with Crippen LogP contribution in [-0.2, 0) is 9.53 Å². The normalized spacial score (nSPS) is 21.4. The fraction of sp³-hybridized carbons (Fsp3) is 0.500. The summed E-state index contributed by atoms with van der Waals surface area (Å²) < 4.78 is 10.0. The number of carbonyl (C=O) groups is 2. The third-order valence-electron chi connectivity index (χ3n) is 3.88. The molecule has 0 radical (unpaired) electrons. The van der Waals surface area contributed by atoms with Gasteiger partial charge in [0.1, 0.15) is 5.75 Å². The predicted molar refractivity (Wildman–Crippen MR) is 77.9 cm³/mol. The highest BCUT2D eigenvalue weighted by molar-refractivity contribution is 5.73. The van der Waals surface area contributed by atoms with Crippen LogP contribution in [-0.4, -0.2) is 25.7 Å². The van der Waals surface area contributed by atoms with Gasteiger partial charge in [-0.3, -0.25) is 4.79 Å². The van der Waals surface area contributed by atoms with Crippen molar-refractivity contribution >= 4 is 12.1 Å². The minimum Gasteiger partial charge on any atom is -0.469 e. The Kier molecular flexibility index (Phi) is 5.60. The third-order valence-corrected chi connectivity index (χ3v) is 3.88. The highest BCUT2D eigenvalue weighted by Crippen LogP contribution is 2.30. The van der Waals surface area contributed by atoms with Crippen LogP contribution < -0.4 is 10.1 Å². The van der Waals surface area contributed by atoms with Crippen molar-refractivity contribution < 1.29 is 19.1 Å². The number of ether oxygens (including phenoxy) is 2. The molecule has 0 heterocycles.